The Hall–Kier alpha value is -4.00. The predicted octanol–water partition coefficient (Wildman–Crippen LogP) is 7.80. The molecule has 0 aromatic heterocycles. The maximum atomic E-state index is 12.4. The Morgan fingerprint density at radius 3 is 2.36 bits per heavy atom. The number of carbonyl (C=O) groups excluding carboxylic acids is 1. The van der Waals surface area contributed by atoms with Crippen molar-refractivity contribution in [1.82, 2.24) is 5.32 Å². The third kappa shape index (κ3) is 4.30. The smallest absolute Gasteiger partial charge is 0.305 e. The van der Waals surface area contributed by atoms with Gasteiger partial charge < -0.3 is 15.2 Å². The van der Waals surface area contributed by atoms with Gasteiger partial charge in [-0.05, 0) is 93.2 Å². The molecule has 7 nitrogen and oxygen atoms in total. The Kier molecular flexibility index (Phi) is 6.91. The summed E-state index contributed by atoms with van der Waals surface area (Å²) < 4.78 is 5.05. The fraction of sp³-hybridized carbons (Fsp3) is 0.459. The second-order valence-corrected chi connectivity index (χ2v) is 13.0. The van der Waals surface area contributed by atoms with E-state index in [0.717, 1.165) is 82.3 Å². The van der Waals surface area contributed by atoms with Crippen LogP contribution in [0.25, 0.3) is 0 Å². The molecular weight excluding hydrogens is 548 g/mol. The van der Waals surface area contributed by atoms with Crippen molar-refractivity contribution < 1.29 is 14.6 Å². The zero-order valence-corrected chi connectivity index (χ0v) is 26.9. The summed E-state index contributed by atoms with van der Waals surface area (Å²) in [6, 6.07) is 0. The summed E-state index contributed by atoms with van der Waals surface area (Å²) >= 11 is 0. The van der Waals surface area contributed by atoms with Crippen molar-refractivity contribution in [3.63, 3.8) is 0 Å². The minimum Gasteiger partial charge on any atom is -0.511 e. The van der Waals surface area contributed by atoms with E-state index in [1.807, 2.05) is 6.08 Å². The van der Waals surface area contributed by atoms with Crippen LogP contribution >= 0.6 is 0 Å². The summed E-state index contributed by atoms with van der Waals surface area (Å²) in [4.78, 5) is 28.1. The van der Waals surface area contributed by atoms with E-state index < -0.39 is 0 Å². The first kappa shape index (κ1) is 28.8. The fourth-order valence-corrected chi connectivity index (χ4v) is 7.90. The number of rotatable bonds is 6. The average Bonchev–Trinajstić information content (AvgIpc) is 3.24. The van der Waals surface area contributed by atoms with Gasteiger partial charge >= 0.3 is 5.97 Å². The van der Waals surface area contributed by atoms with Crippen LogP contribution in [0, 0.1) is 17.8 Å². The molecule has 7 rings (SSSR count). The van der Waals surface area contributed by atoms with Crippen molar-refractivity contribution in [2.45, 2.75) is 86.5 Å². The largest absolute Gasteiger partial charge is 0.511 e. The number of hydrogen-bond acceptors (Lipinski definition) is 7. The summed E-state index contributed by atoms with van der Waals surface area (Å²) in [7, 11) is 1.45. The van der Waals surface area contributed by atoms with E-state index in [1.165, 1.54) is 40.7 Å². The third-order valence-corrected chi connectivity index (χ3v) is 10.6. The van der Waals surface area contributed by atoms with Gasteiger partial charge in [-0.15, -0.1) is 0 Å². The van der Waals surface area contributed by atoms with E-state index in [0.29, 0.717) is 30.9 Å². The predicted molar refractivity (Wildman–Crippen MR) is 175 cm³/mol. The number of ether oxygens (including phenoxy) is 1. The van der Waals surface area contributed by atoms with Gasteiger partial charge in [-0.3, -0.25) is 4.79 Å². The topological polar surface area (TPSA) is 95.6 Å². The highest BCUT2D eigenvalue weighted by atomic mass is 16.5. The van der Waals surface area contributed by atoms with E-state index in [-0.39, 0.29) is 17.8 Å². The van der Waals surface area contributed by atoms with Crippen molar-refractivity contribution in [3.8, 4) is 0 Å². The Morgan fingerprint density at radius 1 is 0.955 bits per heavy atom. The number of carbonyl (C=O) groups is 1. The Morgan fingerprint density at radius 2 is 1.68 bits per heavy atom. The van der Waals surface area contributed by atoms with Gasteiger partial charge in [-0.25, -0.2) is 15.0 Å². The first-order chi connectivity index (χ1) is 21.2. The molecule has 2 fully saturated rings. The third-order valence-electron chi connectivity index (χ3n) is 10.6. The van der Waals surface area contributed by atoms with Gasteiger partial charge in [0.25, 0.3) is 0 Å². The van der Waals surface area contributed by atoms with Crippen molar-refractivity contribution in [2.24, 2.45) is 32.7 Å². The van der Waals surface area contributed by atoms with E-state index in [4.69, 9.17) is 19.7 Å². The molecule has 2 atom stereocenters. The molecule has 44 heavy (non-hydrogen) atoms. The molecule has 5 heterocycles. The molecule has 1 saturated carbocycles. The lowest BCUT2D eigenvalue weighted by Crippen LogP contribution is -2.17. The molecule has 0 aromatic carbocycles. The molecule has 228 valence electrons. The monoisotopic (exact) mass is 590 g/mol. The number of aliphatic hydroxyl groups excluding tert-OH is 1. The van der Waals surface area contributed by atoms with Crippen LogP contribution in [0.3, 0.4) is 0 Å². The van der Waals surface area contributed by atoms with Crippen molar-refractivity contribution >= 4 is 23.1 Å². The summed E-state index contributed by atoms with van der Waals surface area (Å²) in [5.74, 6) is 0.799. The summed E-state index contributed by atoms with van der Waals surface area (Å²) in [5.41, 5.74) is 17.1. The van der Waals surface area contributed by atoms with Gasteiger partial charge in [0.15, 0.2) is 0 Å². The highest BCUT2D eigenvalue weighted by Gasteiger charge is 2.44. The van der Waals surface area contributed by atoms with Crippen molar-refractivity contribution in [2.75, 3.05) is 7.11 Å². The average molecular weight is 591 g/mol. The van der Waals surface area contributed by atoms with Gasteiger partial charge in [0, 0.05) is 58.4 Å². The normalized spacial score (nSPS) is 26.1. The number of nitrogens with one attached hydrogen (secondary N) is 1. The van der Waals surface area contributed by atoms with E-state index in [2.05, 4.69) is 52.9 Å². The van der Waals surface area contributed by atoms with Crippen molar-refractivity contribution in [1.29, 1.82) is 0 Å². The van der Waals surface area contributed by atoms with Crippen LogP contribution in [-0.2, 0) is 9.53 Å². The van der Waals surface area contributed by atoms with Gasteiger partial charge in [-0.2, -0.15) is 0 Å². The van der Waals surface area contributed by atoms with Gasteiger partial charge in [0.05, 0.1) is 41.3 Å². The number of hydrogen-bond donors (Lipinski definition) is 2. The van der Waals surface area contributed by atoms with Gasteiger partial charge in [0.1, 0.15) is 5.76 Å². The Bertz CT molecular complexity index is 1770. The SMILES string of the molecule is CCC1=C(C)C2=NC1=CC1=NC(=C(C)C3=CC4=C(O)CC(=C5NC(=C2C2CC2)[C@@H](C)[C@@H]5CCC(=O)OC)C4=N3)C(CC)=C1C. The summed E-state index contributed by atoms with van der Waals surface area (Å²) in [5, 5.41) is 15.2. The van der Waals surface area contributed by atoms with Crippen LogP contribution in [0.4, 0.5) is 0 Å². The maximum Gasteiger partial charge on any atom is 0.305 e. The molecule has 0 radical (unpaired) electrons. The second kappa shape index (κ2) is 10.6. The molecule has 0 unspecified atom stereocenters. The van der Waals surface area contributed by atoms with Crippen LogP contribution in [0.15, 0.2) is 106 Å². The van der Waals surface area contributed by atoms with E-state index >= 15 is 0 Å². The van der Waals surface area contributed by atoms with Crippen LogP contribution in [-0.4, -0.2) is 35.3 Å². The Labute approximate surface area is 260 Å². The Balaban J connectivity index is 1.51. The summed E-state index contributed by atoms with van der Waals surface area (Å²) in [6.07, 6.45) is 9.69. The van der Waals surface area contributed by atoms with Crippen LogP contribution in [0.5, 0.6) is 0 Å². The fourth-order valence-electron chi connectivity index (χ4n) is 7.90. The zero-order valence-electron chi connectivity index (χ0n) is 26.9. The van der Waals surface area contributed by atoms with E-state index in [9.17, 15) is 9.90 Å². The van der Waals surface area contributed by atoms with Crippen molar-refractivity contribution in [3.05, 3.63) is 91.0 Å². The number of aliphatic hydroxyl groups is 1. The lowest BCUT2D eigenvalue weighted by atomic mass is 9.84. The number of nitrogens with zero attached hydrogens (tertiary/aromatic N) is 3. The van der Waals surface area contributed by atoms with Crippen LogP contribution < -0.4 is 5.32 Å². The molecule has 1 saturated heterocycles. The van der Waals surface area contributed by atoms with E-state index in [1.54, 1.807) is 0 Å². The number of allylic oxidation sites excluding steroid dienone is 12. The number of esters is 1. The molecular formula is C37H42N4O3. The lowest BCUT2D eigenvalue weighted by molar-refractivity contribution is -0.140. The molecule has 7 aliphatic rings. The molecule has 2 aliphatic carbocycles. The molecule has 7 heteroatoms. The second-order valence-electron chi connectivity index (χ2n) is 13.0. The van der Waals surface area contributed by atoms with Gasteiger partial charge in [0.2, 0.25) is 0 Å². The minimum atomic E-state index is -0.204. The van der Waals surface area contributed by atoms with Crippen LogP contribution in [0.2, 0.25) is 0 Å². The first-order valence-corrected chi connectivity index (χ1v) is 16.2. The molecule has 0 aromatic rings. The lowest BCUT2D eigenvalue weighted by Gasteiger charge is -2.18. The standard InChI is InChI=1S/C37H42N4O3/c1-8-22-18(4)34-32(21-10-11-21)35-19(5)24(12-13-31(43)44-7)36(41-35)26-15-30(42)25-14-27(39-37(25)26)20(6)33-23(9-2)17(3)28(38-33)16-29(22)40-34/h14,16,19,21,24,41-42H,8-13,15H2,1-7H3/t19-,24-/m0/s1. The highest BCUT2D eigenvalue weighted by Crippen LogP contribution is 2.50. The quantitative estimate of drug-likeness (QED) is 0.309. The molecule has 8 bridgehead atoms. The highest BCUT2D eigenvalue weighted by molar-refractivity contribution is 6.21. The number of methoxy groups -OCH3 is 1. The maximum absolute atomic E-state index is 12.4. The number of aliphatic imine (C=N–C) groups is 3. The number of fused-ring (bicyclic) bond motifs is 5. The molecule has 2 N–H and O–H groups in total. The van der Waals surface area contributed by atoms with Gasteiger partial charge in [-0.1, -0.05) is 20.8 Å². The molecule has 5 aliphatic heterocycles. The molecule has 0 amide bonds. The summed E-state index contributed by atoms with van der Waals surface area (Å²) in [6.45, 7) is 13.1. The minimum absolute atomic E-state index is 0.0627. The van der Waals surface area contributed by atoms with Crippen LogP contribution in [0.1, 0.15) is 86.5 Å². The zero-order chi connectivity index (χ0) is 31.0. The first-order valence-electron chi connectivity index (χ1n) is 16.2. The molecule has 0 spiro atoms.